The van der Waals surface area contributed by atoms with E-state index in [0.717, 1.165) is 53.8 Å². The lowest BCUT2D eigenvalue weighted by atomic mass is 9.48. The molecule has 0 heterocycles. The summed E-state index contributed by atoms with van der Waals surface area (Å²) in [6, 6.07) is 3.79. The SMILES string of the molecule is Cc1cc(O)c(C(C)C)cc1NC=CC(=O)C12CC3CC(CC(C3)C1)C2. The Morgan fingerprint density at radius 1 is 1.15 bits per heavy atom. The number of ketones is 1. The van der Waals surface area contributed by atoms with Gasteiger partial charge < -0.3 is 10.4 Å². The lowest BCUT2D eigenvalue weighted by molar-refractivity contribution is -0.138. The van der Waals surface area contributed by atoms with Crippen LogP contribution in [0.5, 0.6) is 5.75 Å². The van der Waals surface area contributed by atoms with Crippen molar-refractivity contribution < 1.29 is 9.90 Å². The maximum absolute atomic E-state index is 13.0. The summed E-state index contributed by atoms with van der Waals surface area (Å²) in [5.74, 6) is 3.30. The molecule has 0 amide bonds. The van der Waals surface area contributed by atoms with Gasteiger partial charge in [0, 0.05) is 17.3 Å². The quantitative estimate of drug-likeness (QED) is 0.540. The number of aryl methyl sites for hydroxylation is 1. The Morgan fingerprint density at radius 2 is 1.73 bits per heavy atom. The first kappa shape index (κ1) is 17.6. The van der Waals surface area contributed by atoms with E-state index in [0.29, 0.717) is 11.5 Å². The highest BCUT2D eigenvalue weighted by Crippen LogP contribution is 2.60. The largest absolute Gasteiger partial charge is 0.508 e. The average molecular weight is 354 g/mol. The molecule has 4 saturated carbocycles. The van der Waals surface area contributed by atoms with Gasteiger partial charge in [-0.1, -0.05) is 13.8 Å². The van der Waals surface area contributed by atoms with Gasteiger partial charge in [0.1, 0.15) is 5.75 Å². The number of benzene rings is 1. The maximum atomic E-state index is 13.0. The van der Waals surface area contributed by atoms with Crippen molar-refractivity contribution in [3.63, 3.8) is 0 Å². The highest BCUT2D eigenvalue weighted by molar-refractivity contribution is 5.95. The lowest BCUT2D eigenvalue weighted by Gasteiger charge is -2.55. The van der Waals surface area contributed by atoms with Crippen molar-refractivity contribution >= 4 is 11.5 Å². The summed E-state index contributed by atoms with van der Waals surface area (Å²) in [7, 11) is 0. The predicted octanol–water partition coefficient (Wildman–Crippen LogP) is 5.54. The minimum Gasteiger partial charge on any atom is -0.508 e. The van der Waals surface area contributed by atoms with Gasteiger partial charge in [0.2, 0.25) is 0 Å². The van der Waals surface area contributed by atoms with Crippen molar-refractivity contribution in [2.75, 3.05) is 5.32 Å². The number of nitrogens with one attached hydrogen (secondary N) is 1. The molecule has 4 fully saturated rings. The van der Waals surface area contributed by atoms with Gasteiger partial charge in [-0.3, -0.25) is 4.79 Å². The Hall–Kier alpha value is -1.77. The number of rotatable bonds is 5. The molecule has 140 valence electrons. The van der Waals surface area contributed by atoms with Crippen LogP contribution in [0.4, 0.5) is 5.69 Å². The summed E-state index contributed by atoms with van der Waals surface area (Å²) < 4.78 is 0. The lowest BCUT2D eigenvalue weighted by Crippen LogP contribution is -2.49. The van der Waals surface area contributed by atoms with E-state index in [4.69, 9.17) is 0 Å². The molecule has 4 bridgehead atoms. The number of carbonyl (C=O) groups is 1. The van der Waals surface area contributed by atoms with Crippen LogP contribution in [0.25, 0.3) is 0 Å². The third-order valence-electron chi connectivity index (χ3n) is 7.03. The van der Waals surface area contributed by atoms with Gasteiger partial charge in [0.15, 0.2) is 5.78 Å². The van der Waals surface area contributed by atoms with Crippen LogP contribution in [0.3, 0.4) is 0 Å². The normalized spacial score (nSPS) is 32.5. The van der Waals surface area contributed by atoms with Crippen molar-refractivity contribution in [2.45, 2.75) is 65.2 Å². The summed E-state index contributed by atoms with van der Waals surface area (Å²) in [6.07, 6.45) is 11.0. The molecule has 3 heteroatoms. The van der Waals surface area contributed by atoms with Crippen molar-refractivity contribution in [1.29, 1.82) is 0 Å². The molecule has 1 aromatic rings. The monoisotopic (exact) mass is 353 g/mol. The van der Waals surface area contributed by atoms with Gasteiger partial charge in [-0.2, -0.15) is 0 Å². The summed E-state index contributed by atoms with van der Waals surface area (Å²) in [5, 5.41) is 13.4. The van der Waals surface area contributed by atoms with E-state index >= 15 is 0 Å². The van der Waals surface area contributed by atoms with E-state index < -0.39 is 0 Å². The minimum atomic E-state index is -0.0694. The number of carbonyl (C=O) groups excluding carboxylic acids is 1. The first-order chi connectivity index (χ1) is 12.4. The predicted molar refractivity (Wildman–Crippen MR) is 105 cm³/mol. The van der Waals surface area contributed by atoms with Gasteiger partial charge in [-0.15, -0.1) is 0 Å². The van der Waals surface area contributed by atoms with Crippen LogP contribution in [-0.2, 0) is 4.79 Å². The smallest absolute Gasteiger partial charge is 0.163 e. The number of allylic oxidation sites excluding steroid dienone is 1. The summed E-state index contributed by atoms with van der Waals surface area (Å²) in [6.45, 7) is 6.11. The Kier molecular flexibility index (Phi) is 4.37. The fraction of sp³-hybridized carbons (Fsp3) is 0.609. The van der Waals surface area contributed by atoms with Gasteiger partial charge >= 0.3 is 0 Å². The molecule has 4 aliphatic rings. The van der Waals surface area contributed by atoms with Gasteiger partial charge in [-0.25, -0.2) is 0 Å². The first-order valence-electron chi connectivity index (χ1n) is 10.2. The van der Waals surface area contributed by atoms with Crippen molar-refractivity contribution in [1.82, 2.24) is 0 Å². The second-order valence-corrected chi connectivity index (χ2v) is 9.42. The van der Waals surface area contributed by atoms with E-state index in [1.165, 1.54) is 19.3 Å². The molecule has 0 saturated heterocycles. The number of anilines is 1. The molecule has 3 nitrogen and oxygen atoms in total. The summed E-state index contributed by atoms with van der Waals surface area (Å²) in [4.78, 5) is 13.0. The minimum absolute atomic E-state index is 0.0694. The summed E-state index contributed by atoms with van der Waals surface area (Å²) >= 11 is 0. The number of phenolic OH excluding ortho intramolecular Hbond substituents is 1. The van der Waals surface area contributed by atoms with Gasteiger partial charge in [0.05, 0.1) is 0 Å². The van der Waals surface area contributed by atoms with Crippen molar-refractivity contribution in [2.24, 2.45) is 23.2 Å². The van der Waals surface area contributed by atoms with Crippen LogP contribution in [-0.4, -0.2) is 10.9 Å². The van der Waals surface area contributed by atoms with Gasteiger partial charge in [0.25, 0.3) is 0 Å². The Balaban J connectivity index is 1.48. The second kappa shape index (κ2) is 6.44. The number of phenols is 1. The zero-order valence-corrected chi connectivity index (χ0v) is 16.2. The zero-order chi connectivity index (χ0) is 18.5. The van der Waals surface area contributed by atoms with Crippen LogP contribution in [0, 0.1) is 30.1 Å². The fourth-order valence-electron chi connectivity index (χ4n) is 6.12. The summed E-state index contributed by atoms with van der Waals surface area (Å²) in [5.41, 5.74) is 2.80. The van der Waals surface area contributed by atoms with Crippen molar-refractivity contribution in [3.8, 4) is 5.75 Å². The topological polar surface area (TPSA) is 49.3 Å². The second-order valence-electron chi connectivity index (χ2n) is 9.42. The standard InChI is InChI=1S/C23H31NO2/c1-14(2)19-10-20(15(3)6-21(19)25)24-5-4-22(26)23-11-16-7-17(12-23)9-18(8-16)13-23/h4-6,10,14,16-18,24-25H,7-9,11-13H2,1-3H3. The Morgan fingerprint density at radius 3 is 2.27 bits per heavy atom. The first-order valence-corrected chi connectivity index (χ1v) is 10.2. The average Bonchev–Trinajstić information content (AvgIpc) is 2.55. The van der Waals surface area contributed by atoms with E-state index in [9.17, 15) is 9.90 Å². The van der Waals surface area contributed by atoms with Crippen molar-refractivity contribution in [3.05, 3.63) is 35.5 Å². The highest BCUT2D eigenvalue weighted by Gasteiger charge is 2.53. The third-order valence-corrected chi connectivity index (χ3v) is 7.03. The molecule has 2 N–H and O–H groups in total. The van der Waals surface area contributed by atoms with E-state index in [2.05, 4.69) is 19.2 Å². The van der Waals surface area contributed by atoms with E-state index in [1.807, 2.05) is 19.2 Å². The molecule has 4 aliphatic carbocycles. The Labute approximate surface area is 156 Å². The molecule has 26 heavy (non-hydrogen) atoms. The zero-order valence-electron chi connectivity index (χ0n) is 16.2. The van der Waals surface area contributed by atoms with Crippen LogP contribution < -0.4 is 5.32 Å². The molecular formula is C23H31NO2. The molecule has 0 radical (unpaired) electrons. The number of hydrogen-bond donors (Lipinski definition) is 2. The highest BCUT2D eigenvalue weighted by atomic mass is 16.3. The third kappa shape index (κ3) is 3.06. The van der Waals surface area contributed by atoms with Crippen LogP contribution in [0.2, 0.25) is 0 Å². The van der Waals surface area contributed by atoms with Crippen LogP contribution >= 0.6 is 0 Å². The molecule has 0 unspecified atom stereocenters. The molecule has 5 rings (SSSR count). The van der Waals surface area contributed by atoms with Crippen LogP contribution in [0.15, 0.2) is 24.4 Å². The molecule has 0 atom stereocenters. The molecule has 0 aliphatic heterocycles. The Bertz CT molecular complexity index is 712. The molecule has 0 aromatic heterocycles. The van der Waals surface area contributed by atoms with Gasteiger partial charge in [-0.05, 0) is 98.5 Å². The number of hydrogen-bond acceptors (Lipinski definition) is 3. The fourth-order valence-corrected chi connectivity index (χ4v) is 6.12. The molecular weight excluding hydrogens is 322 g/mol. The molecule has 1 aromatic carbocycles. The molecule has 0 spiro atoms. The maximum Gasteiger partial charge on any atom is 0.163 e. The number of aromatic hydroxyl groups is 1. The van der Waals surface area contributed by atoms with Crippen LogP contribution in [0.1, 0.15) is 69.4 Å². The van der Waals surface area contributed by atoms with E-state index in [-0.39, 0.29) is 11.3 Å². The van der Waals surface area contributed by atoms with E-state index in [1.54, 1.807) is 12.1 Å².